The van der Waals surface area contributed by atoms with E-state index in [0.717, 1.165) is 23.7 Å². The van der Waals surface area contributed by atoms with Crippen molar-refractivity contribution in [1.29, 1.82) is 5.26 Å². The third-order valence-corrected chi connectivity index (χ3v) is 4.26. The molecule has 0 atom stereocenters. The van der Waals surface area contributed by atoms with Gasteiger partial charge in [0, 0.05) is 10.0 Å². The van der Waals surface area contributed by atoms with Crippen LogP contribution in [0.4, 0.5) is 5.82 Å². The summed E-state index contributed by atoms with van der Waals surface area (Å²) in [5, 5.41) is 12.3. The van der Waals surface area contributed by atoms with Gasteiger partial charge < -0.3 is 5.32 Å². The lowest BCUT2D eigenvalue weighted by atomic mass is 10.0. The number of hydrogen-bond acceptors (Lipinski definition) is 4. The molecule has 1 aliphatic rings. The molecule has 0 spiro atoms. The third-order valence-electron chi connectivity index (χ3n) is 3.48. The highest BCUT2D eigenvalue weighted by Crippen LogP contribution is 2.42. The Morgan fingerprint density at radius 3 is 2.80 bits per heavy atom. The number of anilines is 1. The molecular formula is C15H13BrN4. The fourth-order valence-corrected chi connectivity index (χ4v) is 2.68. The van der Waals surface area contributed by atoms with E-state index in [1.54, 1.807) is 6.20 Å². The molecule has 2 aromatic rings. The van der Waals surface area contributed by atoms with E-state index < -0.39 is 0 Å². The van der Waals surface area contributed by atoms with Crippen LogP contribution in [0.15, 0.2) is 41.1 Å². The Morgan fingerprint density at radius 2 is 2.10 bits per heavy atom. The van der Waals surface area contributed by atoms with Gasteiger partial charge >= 0.3 is 0 Å². The molecule has 4 nitrogen and oxygen atoms in total. The van der Waals surface area contributed by atoms with Crippen LogP contribution in [0.3, 0.4) is 0 Å². The number of aromatic nitrogens is 2. The highest BCUT2D eigenvalue weighted by atomic mass is 79.9. The van der Waals surface area contributed by atoms with Crippen molar-refractivity contribution < 1.29 is 0 Å². The summed E-state index contributed by atoms with van der Waals surface area (Å²) in [5.74, 6) is 0.675. The maximum absolute atomic E-state index is 8.86. The van der Waals surface area contributed by atoms with Gasteiger partial charge in [0.1, 0.15) is 11.9 Å². The van der Waals surface area contributed by atoms with Crippen molar-refractivity contribution in [3.63, 3.8) is 0 Å². The number of nitrogens with one attached hydrogen (secondary N) is 1. The first kappa shape index (κ1) is 13.1. The summed E-state index contributed by atoms with van der Waals surface area (Å²) in [6, 6.07) is 10.3. The van der Waals surface area contributed by atoms with Gasteiger partial charge in [-0.15, -0.1) is 0 Å². The van der Waals surface area contributed by atoms with Crippen molar-refractivity contribution in [2.24, 2.45) is 0 Å². The Hall–Kier alpha value is -1.93. The van der Waals surface area contributed by atoms with E-state index in [4.69, 9.17) is 5.26 Å². The zero-order chi connectivity index (χ0) is 14.0. The van der Waals surface area contributed by atoms with Crippen LogP contribution in [-0.2, 0) is 6.42 Å². The first-order valence-electron chi connectivity index (χ1n) is 6.45. The Labute approximate surface area is 126 Å². The number of nitrogens with zero attached hydrogens (tertiary/aromatic N) is 3. The molecule has 1 aliphatic carbocycles. The Kier molecular flexibility index (Phi) is 3.41. The standard InChI is InChI=1S/C15H13BrN4/c16-13-4-2-1-3-11(13)7-15(5-6-15)20-14-10-18-9-12(8-17)19-14/h1-4,9-10H,5-7H2,(H,19,20). The average Bonchev–Trinajstić information content (AvgIpc) is 3.21. The van der Waals surface area contributed by atoms with Crippen LogP contribution < -0.4 is 5.32 Å². The zero-order valence-electron chi connectivity index (χ0n) is 10.8. The van der Waals surface area contributed by atoms with Crippen molar-refractivity contribution in [2.45, 2.75) is 24.8 Å². The molecule has 1 aromatic carbocycles. The van der Waals surface area contributed by atoms with Gasteiger partial charge in [-0.3, -0.25) is 4.98 Å². The quantitative estimate of drug-likeness (QED) is 0.935. The van der Waals surface area contributed by atoms with Crippen LogP contribution in [0.1, 0.15) is 24.1 Å². The molecule has 1 saturated carbocycles. The first-order chi connectivity index (χ1) is 9.71. The summed E-state index contributed by atoms with van der Waals surface area (Å²) in [5.41, 5.74) is 1.67. The average molecular weight is 329 g/mol. The number of rotatable bonds is 4. The molecule has 0 saturated heterocycles. The molecule has 0 amide bonds. The minimum Gasteiger partial charge on any atom is -0.363 e. The fraction of sp³-hybridized carbons (Fsp3) is 0.267. The first-order valence-corrected chi connectivity index (χ1v) is 7.24. The minimum atomic E-state index is 0.0482. The summed E-state index contributed by atoms with van der Waals surface area (Å²) >= 11 is 3.59. The summed E-state index contributed by atoms with van der Waals surface area (Å²) in [4.78, 5) is 8.27. The van der Waals surface area contributed by atoms with Gasteiger partial charge in [0.15, 0.2) is 5.69 Å². The van der Waals surface area contributed by atoms with Crippen LogP contribution in [0.25, 0.3) is 0 Å². The number of hydrogen-bond donors (Lipinski definition) is 1. The van der Waals surface area contributed by atoms with Gasteiger partial charge in [-0.25, -0.2) is 4.98 Å². The van der Waals surface area contributed by atoms with Gasteiger partial charge in [-0.2, -0.15) is 5.26 Å². The maximum atomic E-state index is 8.86. The predicted octanol–water partition coefficient (Wildman–Crippen LogP) is 3.30. The van der Waals surface area contributed by atoms with E-state index in [1.165, 1.54) is 11.8 Å². The van der Waals surface area contributed by atoms with Gasteiger partial charge in [-0.1, -0.05) is 34.1 Å². The fourth-order valence-electron chi connectivity index (χ4n) is 2.25. The van der Waals surface area contributed by atoms with E-state index >= 15 is 0 Å². The Morgan fingerprint density at radius 1 is 1.30 bits per heavy atom. The van der Waals surface area contributed by atoms with Crippen molar-refractivity contribution >= 4 is 21.7 Å². The van der Waals surface area contributed by atoms with Crippen LogP contribution in [-0.4, -0.2) is 15.5 Å². The summed E-state index contributed by atoms with van der Waals surface area (Å²) in [6.07, 6.45) is 6.28. The van der Waals surface area contributed by atoms with Crippen LogP contribution in [0, 0.1) is 11.3 Å². The molecule has 0 bridgehead atoms. The summed E-state index contributed by atoms with van der Waals surface area (Å²) in [6.45, 7) is 0. The molecule has 1 heterocycles. The van der Waals surface area contributed by atoms with E-state index in [2.05, 4.69) is 43.3 Å². The SMILES string of the molecule is N#Cc1cncc(NC2(Cc3ccccc3Br)CC2)n1. The number of nitriles is 1. The molecule has 100 valence electrons. The molecule has 5 heteroatoms. The smallest absolute Gasteiger partial charge is 0.161 e. The summed E-state index contributed by atoms with van der Waals surface area (Å²) < 4.78 is 1.13. The monoisotopic (exact) mass is 328 g/mol. The van der Waals surface area contributed by atoms with E-state index in [0.29, 0.717) is 11.5 Å². The second-order valence-electron chi connectivity index (χ2n) is 5.07. The molecule has 1 N–H and O–H groups in total. The zero-order valence-corrected chi connectivity index (χ0v) is 12.4. The molecule has 20 heavy (non-hydrogen) atoms. The Bertz CT molecular complexity index is 674. The number of halogens is 1. The van der Waals surface area contributed by atoms with Crippen LogP contribution in [0.2, 0.25) is 0 Å². The van der Waals surface area contributed by atoms with Crippen molar-refractivity contribution in [1.82, 2.24) is 9.97 Å². The molecule has 3 rings (SSSR count). The minimum absolute atomic E-state index is 0.0482. The highest BCUT2D eigenvalue weighted by molar-refractivity contribution is 9.10. The molecule has 0 unspecified atom stereocenters. The topological polar surface area (TPSA) is 61.6 Å². The van der Waals surface area contributed by atoms with E-state index in [1.807, 2.05) is 18.2 Å². The predicted molar refractivity (Wildman–Crippen MR) is 80.2 cm³/mol. The molecule has 1 fully saturated rings. The highest BCUT2D eigenvalue weighted by Gasteiger charge is 2.43. The van der Waals surface area contributed by atoms with E-state index in [-0.39, 0.29) is 5.54 Å². The molecular weight excluding hydrogens is 316 g/mol. The van der Waals surface area contributed by atoms with Crippen molar-refractivity contribution in [2.75, 3.05) is 5.32 Å². The molecule has 1 aromatic heterocycles. The van der Waals surface area contributed by atoms with Crippen LogP contribution >= 0.6 is 15.9 Å². The lowest BCUT2D eigenvalue weighted by Crippen LogP contribution is -2.25. The van der Waals surface area contributed by atoms with Crippen LogP contribution in [0.5, 0.6) is 0 Å². The van der Waals surface area contributed by atoms with Gasteiger partial charge in [0.2, 0.25) is 0 Å². The lowest BCUT2D eigenvalue weighted by Gasteiger charge is -2.18. The third kappa shape index (κ3) is 2.81. The van der Waals surface area contributed by atoms with E-state index in [9.17, 15) is 0 Å². The normalized spacial score (nSPS) is 15.4. The summed E-state index contributed by atoms with van der Waals surface area (Å²) in [7, 11) is 0. The van der Waals surface area contributed by atoms with Gasteiger partial charge in [0.05, 0.1) is 12.4 Å². The molecule has 0 aliphatic heterocycles. The maximum Gasteiger partial charge on any atom is 0.161 e. The Balaban J connectivity index is 1.77. The van der Waals surface area contributed by atoms with Gasteiger partial charge in [0.25, 0.3) is 0 Å². The van der Waals surface area contributed by atoms with Gasteiger partial charge in [-0.05, 0) is 30.9 Å². The second-order valence-corrected chi connectivity index (χ2v) is 5.93. The van der Waals surface area contributed by atoms with Crippen molar-refractivity contribution in [3.05, 3.63) is 52.4 Å². The second kappa shape index (κ2) is 5.22. The lowest BCUT2D eigenvalue weighted by molar-refractivity contribution is 0.718. The number of benzene rings is 1. The van der Waals surface area contributed by atoms with Crippen molar-refractivity contribution in [3.8, 4) is 6.07 Å². The largest absolute Gasteiger partial charge is 0.363 e. The molecule has 0 radical (unpaired) electrons.